The summed E-state index contributed by atoms with van der Waals surface area (Å²) in [5.41, 5.74) is 1.96. The smallest absolute Gasteiger partial charge is 0.272 e. The molecule has 1 aliphatic heterocycles. The Hall–Kier alpha value is -2.99. The second kappa shape index (κ2) is 8.35. The van der Waals surface area contributed by atoms with Crippen LogP contribution in [0.15, 0.2) is 53.5 Å². The Morgan fingerprint density at radius 2 is 1.86 bits per heavy atom. The van der Waals surface area contributed by atoms with Crippen molar-refractivity contribution in [3.8, 4) is 0 Å². The molecule has 144 valence electrons. The Labute approximate surface area is 163 Å². The van der Waals surface area contributed by atoms with Crippen LogP contribution < -0.4 is 10.9 Å². The third kappa shape index (κ3) is 4.12. The molecule has 0 bridgehead atoms. The Bertz CT molecular complexity index is 1020. The Kier molecular flexibility index (Phi) is 5.48. The maximum absolute atomic E-state index is 12.7. The van der Waals surface area contributed by atoms with E-state index in [-0.39, 0.29) is 11.5 Å². The van der Waals surface area contributed by atoms with Gasteiger partial charge in [-0.3, -0.25) is 9.59 Å². The number of piperidine rings is 1. The van der Waals surface area contributed by atoms with Crippen molar-refractivity contribution in [2.45, 2.75) is 25.7 Å². The van der Waals surface area contributed by atoms with Crippen molar-refractivity contribution >= 4 is 22.4 Å². The summed E-state index contributed by atoms with van der Waals surface area (Å²) in [6.45, 7) is 3.49. The molecule has 2 N–H and O–H groups in total. The summed E-state index contributed by atoms with van der Waals surface area (Å²) in [5, 5.41) is 10.1. The quantitative estimate of drug-likeness (QED) is 0.717. The van der Waals surface area contributed by atoms with Crippen molar-refractivity contribution in [2.75, 3.05) is 25.0 Å². The van der Waals surface area contributed by atoms with E-state index >= 15 is 0 Å². The van der Waals surface area contributed by atoms with Crippen LogP contribution in [-0.2, 0) is 6.42 Å². The number of nitrogens with one attached hydrogen (secondary N) is 2. The molecule has 4 rings (SSSR count). The normalized spacial score (nSPS) is 14.9. The van der Waals surface area contributed by atoms with Crippen LogP contribution in [-0.4, -0.2) is 40.6 Å². The lowest BCUT2D eigenvalue weighted by atomic mass is 10.1. The molecule has 2 heterocycles. The fourth-order valence-electron chi connectivity index (χ4n) is 3.76. The van der Waals surface area contributed by atoms with Gasteiger partial charge in [0, 0.05) is 17.6 Å². The summed E-state index contributed by atoms with van der Waals surface area (Å²) >= 11 is 0. The number of anilines is 1. The van der Waals surface area contributed by atoms with E-state index in [1.54, 1.807) is 24.4 Å². The van der Waals surface area contributed by atoms with E-state index in [2.05, 4.69) is 32.5 Å². The minimum absolute atomic E-state index is 0.302. The van der Waals surface area contributed by atoms with Crippen molar-refractivity contribution in [3.05, 3.63) is 70.1 Å². The summed E-state index contributed by atoms with van der Waals surface area (Å²) in [6, 6.07) is 13.1. The summed E-state index contributed by atoms with van der Waals surface area (Å²) in [6.07, 6.45) is 6.52. The number of amides is 1. The lowest BCUT2D eigenvalue weighted by Gasteiger charge is -2.26. The van der Waals surface area contributed by atoms with Gasteiger partial charge in [0.2, 0.25) is 0 Å². The number of carbonyl (C=O) groups excluding carboxylic acids is 1. The predicted octanol–water partition coefficient (Wildman–Crippen LogP) is 3.20. The number of fused-ring (bicyclic) bond motifs is 1. The highest BCUT2D eigenvalue weighted by Gasteiger charge is 2.13. The van der Waals surface area contributed by atoms with Crippen molar-refractivity contribution in [3.63, 3.8) is 0 Å². The van der Waals surface area contributed by atoms with Crippen LogP contribution in [0.5, 0.6) is 0 Å². The number of rotatable bonds is 5. The van der Waals surface area contributed by atoms with Crippen LogP contribution in [0.25, 0.3) is 10.8 Å². The van der Waals surface area contributed by atoms with Crippen molar-refractivity contribution < 1.29 is 4.79 Å². The van der Waals surface area contributed by atoms with Gasteiger partial charge in [0.1, 0.15) is 0 Å². The fraction of sp³-hybridized carbons (Fsp3) is 0.318. The predicted molar refractivity (Wildman–Crippen MR) is 111 cm³/mol. The van der Waals surface area contributed by atoms with E-state index in [0.29, 0.717) is 22.0 Å². The third-order valence-corrected chi connectivity index (χ3v) is 5.32. The number of carbonyl (C=O) groups is 1. The summed E-state index contributed by atoms with van der Waals surface area (Å²) in [7, 11) is 0. The molecular weight excluding hydrogens is 352 g/mol. The van der Waals surface area contributed by atoms with Crippen LogP contribution in [0, 0.1) is 0 Å². The van der Waals surface area contributed by atoms with Crippen LogP contribution in [0.4, 0.5) is 5.69 Å². The van der Waals surface area contributed by atoms with Gasteiger partial charge in [0.25, 0.3) is 11.5 Å². The minimum Gasteiger partial charge on any atom is -0.322 e. The number of H-pyrrole nitrogens is 1. The molecule has 2 aromatic carbocycles. The van der Waals surface area contributed by atoms with E-state index < -0.39 is 0 Å². The van der Waals surface area contributed by atoms with E-state index in [1.807, 2.05) is 12.1 Å². The van der Waals surface area contributed by atoms with Crippen LogP contribution in [0.3, 0.4) is 0 Å². The average molecular weight is 376 g/mol. The molecule has 0 atom stereocenters. The number of aromatic amines is 1. The first-order valence-corrected chi connectivity index (χ1v) is 9.80. The largest absolute Gasteiger partial charge is 0.322 e. The highest BCUT2D eigenvalue weighted by Crippen LogP contribution is 2.17. The van der Waals surface area contributed by atoms with Gasteiger partial charge in [0.15, 0.2) is 0 Å². The highest BCUT2D eigenvalue weighted by molar-refractivity contribution is 6.12. The van der Waals surface area contributed by atoms with Crippen molar-refractivity contribution in [1.29, 1.82) is 0 Å². The minimum atomic E-state index is -0.365. The molecule has 3 aromatic rings. The monoisotopic (exact) mass is 376 g/mol. The van der Waals surface area contributed by atoms with Gasteiger partial charge in [0.05, 0.1) is 17.1 Å². The van der Waals surface area contributed by atoms with E-state index in [0.717, 1.165) is 13.0 Å². The first-order valence-electron chi connectivity index (χ1n) is 9.80. The van der Waals surface area contributed by atoms with Gasteiger partial charge in [-0.05, 0) is 56.1 Å². The van der Waals surface area contributed by atoms with Gasteiger partial charge in [-0.15, -0.1) is 0 Å². The van der Waals surface area contributed by atoms with Gasteiger partial charge >= 0.3 is 0 Å². The topological polar surface area (TPSA) is 78.1 Å². The number of hydrogen-bond donors (Lipinski definition) is 2. The lowest BCUT2D eigenvalue weighted by molar-refractivity contribution is 0.102. The van der Waals surface area contributed by atoms with E-state index in [4.69, 9.17) is 0 Å². The Morgan fingerprint density at radius 1 is 1.07 bits per heavy atom. The molecule has 1 saturated heterocycles. The zero-order valence-electron chi connectivity index (χ0n) is 15.8. The molecule has 6 heteroatoms. The van der Waals surface area contributed by atoms with Crippen LogP contribution in [0.2, 0.25) is 0 Å². The summed E-state index contributed by atoms with van der Waals surface area (Å²) in [5.74, 6) is -0.302. The first kappa shape index (κ1) is 18.4. The molecule has 0 aliphatic carbocycles. The number of likely N-dealkylation sites (tertiary alicyclic amines) is 1. The molecule has 1 aliphatic rings. The zero-order valence-corrected chi connectivity index (χ0v) is 15.8. The lowest BCUT2D eigenvalue weighted by Crippen LogP contribution is -2.31. The maximum Gasteiger partial charge on any atom is 0.272 e. The molecule has 1 fully saturated rings. The molecule has 0 radical (unpaired) electrons. The number of hydrogen-bond acceptors (Lipinski definition) is 4. The van der Waals surface area contributed by atoms with Gasteiger partial charge < -0.3 is 10.2 Å². The molecule has 1 amide bonds. The highest BCUT2D eigenvalue weighted by atomic mass is 16.2. The van der Waals surface area contributed by atoms with Crippen LogP contribution >= 0.6 is 0 Å². The van der Waals surface area contributed by atoms with Crippen molar-refractivity contribution in [2.24, 2.45) is 0 Å². The van der Waals surface area contributed by atoms with Crippen LogP contribution in [0.1, 0.15) is 35.2 Å². The molecule has 1 aromatic heterocycles. The number of aromatic nitrogens is 2. The fourth-order valence-corrected chi connectivity index (χ4v) is 3.76. The molecular formula is C22H24N4O2. The Balaban J connectivity index is 1.43. The van der Waals surface area contributed by atoms with Gasteiger partial charge in [-0.25, -0.2) is 5.10 Å². The van der Waals surface area contributed by atoms with E-state index in [1.165, 1.54) is 37.9 Å². The molecule has 28 heavy (non-hydrogen) atoms. The molecule has 0 saturated carbocycles. The standard InChI is InChI=1S/C22H24N4O2/c27-21(19-6-4-5-17-15-23-25-22(28)20(17)19)24-18-9-7-16(8-10-18)11-14-26-12-2-1-3-13-26/h4-10,15H,1-3,11-14H2,(H,24,27)(H,25,28). The van der Waals surface area contributed by atoms with Crippen molar-refractivity contribution in [1.82, 2.24) is 15.1 Å². The van der Waals surface area contributed by atoms with Gasteiger partial charge in [-0.2, -0.15) is 5.10 Å². The van der Waals surface area contributed by atoms with E-state index in [9.17, 15) is 9.59 Å². The molecule has 0 spiro atoms. The SMILES string of the molecule is O=C(Nc1ccc(CCN2CCCCC2)cc1)c1cccc2cn[nH]c(=O)c12. The summed E-state index contributed by atoms with van der Waals surface area (Å²) < 4.78 is 0. The zero-order chi connectivity index (χ0) is 19.3. The average Bonchev–Trinajstić information content (AvgIpc) is 2.74. The molecule has 0 unspecified atom stereocenters. The second-order valence-corrected chi connectivity index (χ2v) is 7.27. The first-order chi connectivity index (χ1) is 13.7. The molecule has 6 nitrogen and oxygen atoms in total. The number of nitrogens with zero attached hydrogens (tertiary/aromatic N) is 2. The maximum atomic E-state index is 12.7. The van der Waals surface area contributed by atoms with Gasteiger partial charge in [-0.1, -0.05) is 30.7 Å². The number of benzene rings is 2. The summed E-state index contributed by atoms with van der Waals surface area (Å²) in [4.78, 5) is 27.3. The second-order valence-electron chi connectivity index (χ2n) is 7.27. The Morgan fingerprint density at radius 3 is 2.64 bits per heavy atom. The third-order valence-electron chi connectivity index (χ3n) is 5.32.